The number of hydrogen-bond donors (Lipinski definition) is 1. The van der Waals surface area contributed by atoms with E-state index < -0.39 is 0 Å². The molecule has 0 aliphatic rings. The van der Waals surface area contributed by atoms with Crippen molar-refractivity contribution in [3.8, 4) is 5.75 Å². The lowest BCUT2D eigenvalue weighted by atomic mass is 10.1. The zero-order chi connectivity index (χ0) is 11.1. The lowest BCUT2D eigenvalue weighted by Gasteiger charge is -2.16. The van der Waals surface area contributed by atoms with E-state index in [9.17, 15) is 0 Å². The molecule has 15 heavy (non-hydrogen) atoms. The summed E-state index contributed by atoms with van der Waals surface area (Å²) >= 11 is 0. The van der Waals surface area contributed by atoms with Crippen LogP contribution < -0.4 is 10.1 Å². The molecule has 0 radical (unpaired) electrons. The molecule has 3 nitrogen and oxygen atoms in total. The van der Waals surface area contributed by atoms with Crippen molar-refractivity contribution < 1.29 is 4.74 Å². The molecule has 1 heterocycles. The van der Waals surface area contributed by atoms with Crippen LogP contribution in [0.1, 0.15) is 33.1 Å². The van der Waals surface area contributed by atoms with Gasteiger partial charge >= 0.3 is 0 Å². The standard InChI is InChI=1S/C12H20N2O/c1-4-6-10(5-2)14-12-9-11(15-3)7-8-13-12/h7-10H,4-6H2,1-3H3,(H,13,14). The first-order chi connectivity index (χ1) is 7.30. The zero-order valence-electron chi connectivity index (χ0n) is 9.79. The normalized spacial score (nSPS) is 12.2. The predicted molar refractivity (Wildman–Crippen MR) is 63.4 cm³/mol. The molecule has 1 atom stereocenters. The molecule has 0 fully saturated rings. The van der Waals surface area contributed by atoms with Gasteiger partial charge in [0.05, 0.1) is 7.11 Å². The molecule has 0 aliphatic carbocycles. The smallest absolute Gasteiger partial charge is 0.129 e. The van der Waals surface area contributed by atoms with Gasteiger partial charge in [-0.25, -0.2) is 4.98 Å². The van der Waals surface area contributed by atoms with Crippen LogP contribution in [0.5, 0.6) is 5.75 Å². The van der Waals surface area contributed by atoms with Gasteiger partial charge in [-0.1, -0.05) is 20.3 Å². The molecule has 1 aromatic heterocycles. The average Bonchev–Trinajstić information content (AvgIpc) is 2.29. The summed E-state index contributed by atoms with van der Waals surface area (Å²) < 4.78 is 5.15. The fraction of sp³-hybridized carbons (Fsp3) is 0.583. The van der Waals surface area contributed by atoms with Crippen LogP contribution in [0.3, 0.4) is 0 Å². The third kappa shape index (κ3) is 3.78. The van der Waals surface area contributed by atoms with Gasteiger partial charge in [0.25, 0.3) is 0 Å². The summed E-state index contributed by atoms with van der Waals surface area (Å²) in [6.07, 6.45) is 5.25. The van der Waals surface area contributed by atoms with E-state index in [1.54, 1.807) is 13.3 Å². The van der Waals surface area contributed by atoms with Gasteiger partial charge in [0, 0.05) is 18.3 Å². The van der Waals surface area contributed by atoms with Crippen LogP contribution in [0.4, 0.5) is 5.82 Å². The van der Waals surface area contributed by atoms with Gasteiger partial charge in [-0.2, -0.15) is 0 Å². The first-order valence-electron chi connectivity index (χ1n) is 5.56. The molecule has 84 valence electrons. The van der Waals surface area contributed by atoms with E-state index in [-0.39, 0.29) is 0 Å². The highest BCUT2D eigenvalue weighted by atomic mass is 16.5. The van der Waals surface area contributed by atoms with Crippen LogP contribution in [0.15, 0.2) is 18.3 Å². The molecule has 1 aromatic rings. The molecular weight excluding hydrogens is 188 g/mol. The maximum absolute atomic E-state index is 5.15. The first-order valence-corrected chi connectivity index (χ1v) is 5.56. The third-order valence-corrected chi connectivity index (χ3v) is 2.45. The van der Waals surface area contributed by atoms with Gasteiger partial charge in [0.2, 0.25) is 0 Å². The molecule has 1 N–H and O–H groups in total. The molecule has 3 heteroatoms. The lowest BCUT2D eigenvalue weighted by molar-refractivity contribution is 0.414. The van der Waals surface area contributed by atoms with Gasteiger partial charge in [0.1, 0.15) is 11.6 Å². The van der Waals surface area contributed by atoms with Gasteiger partial charge < -0.3 is 10.1 Å². The van der Waals surface area contributed by atoms with Crippen LogP contribution in [-0.2, 0) is 0 Å². The molecule has 0 aromatic carbocycles. The summed E-state index contributed by atoms with van der Waals surface area (Å²) in [6, 6.07) is 4.29. The van der Waals surface area contributed by atoms with Crippen LogP contribution in [0.2, 0.25) is 0 Å². The Balaban J connectivity index is 2.61. The van der Waals surface area contributed by atoms with Gasteiger partial charge in [-0.3, -0.25) is 0 Å². The maximum atomic E-state index is 5.15. The molecule has 0 bridgehead atoms. The first kappa shape index (κ1) is 11.8. The number of anilines is 1. The third-order valence-electron chi connectivity index (χ3n) is 2.45. The minimum absolute atomic E-state index is 0.509. The van der Waals surface area contributed by atoms with Crippen LogP contribution in [0.25, 0.3) is 0 Å². The number of rotatable bonds is 6. The Labute approximate surface area is 91.9 Å². The second kappa shape index (κ2) is 6.27. The van der Waals surface area contributed by atoms with Gasteiger partial charge in [0.15, 0.2) is 0 Å². The summed E-state index contributed by atoms with van der Waals surface area (Å²) in [5.74, 6) is 1.74. The second-order valence-electron chi connectivity index (χ2n) is 3.62. The molecule has 0 saturated heterocycles. The van der Waals surface area contributed by atoms with Crippen molar-refractivity contribution in [1.29, 1.82) is 0 Å². The minimum atomic E-state index is 0.509. The van der Waals surface area contributed by atoms with Crippen molar-refractivity contribution in [2.24, 2.45) is 0 Å². The van der Waals surface area contributed by atoms with E-state index in [2.05, 4.69) is 24.1 Å². The molecule has 0 spiro atoms. The van der Waals surface area contributed by atoms with Gasteiger partial charge in [-0.15, -0.1) is 0 Å². The minimum Gasteiger partial charge on any atom is -0.497 e. The van der Waals surface area contributed by atoms with Crippen molar-refractivity contribution in [2.75, 3.05) is 12.4 Å². The van der Waals surface area contributed by atoms with E-state index in [0.29, 0.717) is 6.04 Å². The number of methoxy groups -OCH3 is 1. The monoisotopic (exact) mass is 208 g/mol. The highest BCUT2D eigenvalue weighted by Crippen LogP contribution is 2.16. The van der Waals surface area contributed by atoms with Crippen LogP contribution >= 0.6 is 0 Å². The van der Waals surface area contributed by atoms with Crippen molar-refractivity contribution in [3.63, 3.8) is 0 Å². The van der Waals surface area contributed by atoms with E-state index >= 15 is 0 Å². The van der Waals surface area contributed by atoms with Crippen molar-refractivity contribution in [3.05, 3.63) is 18.3 Å². The van der Waals surface area contributed by atoms with E-state index in [1.807, 2.05) is 12.1 Å². The van der Waals surface area contributed by atoms with E-state index in [1.165, 1.54) is 12.8 Å². The summed E-state index contributed by atoms with van der Waals surface area (Å²) in [6.45, 7) is 4.39. The highest BCUT2D eigenvalue weighted by Gasteiger charge is 2.05. The van der Waals surface area contributed by atoms with E-state index in [4.69, 9.17) is 4.74 Å². The molecule has 1 rings (SSSR count). The number of aromatic nitrogens is 1. The number of ether oxygens (including phenoxy) is 1. The Morgan fingerprint density at radius 3 is 2.87 bits per heavy atom. The fourth-order valence-electron chi connectivity index (χ4n) is 1.55. The molecule has 0 aliphatic heterocycles. The number of nitrogens with one attached hydrogen (secondary N) is 1. The van der Waals surface area contributed by atoms with Crippen molar-refractivity contribution in [2.45, 2.75) is 39.2 Å². The Morgan fingerprint density at radius 2 is 2.27 bits per heavy atom. The lowest BCUT2D eigenvalue weighted by Crippen LogP contribution is -2.18. The Morgan fingerprint density at radius 1 is 1.47 bits per heavy atom. The van der Waals surface area contributed by atoms with Crippen LogP contribution in [-0.4, -0.2) is 18.1 Å². The summed E-state index contributed by atoms with van der Waals surface area (Å²) in [5.41, 5.74) is 0. The quantitative estimate of drug-likeness (QED) is 0.780. The van der Waals surface area contributed by atoms with Gasteiger partial charge in [-0.05, 0) is 18.9 Å². The maximum Gasteiger partial charge on any atom is 0.129 e. The summed E-state index contributed by atoms with van der Waals surface area (Å²) in [7, 11) is 1.67. The number of nitrogens with zero attached hydrogens (tertiary/aromatic N) is 1. The predicted octanol–water partition coefficient (Wildman–Crippen LogP) is 3.08. The molecule has 0 amide bonds. The van der Waals surface area contributed by atoms with Crippen LogP contribution in [0, 0.1) is 0 Å². The highest BCUT2D eigenvalue weighted by molar-refractivity contribution is 5.41. The summed E-state index contributed by atoms with van der Waals surface area (Å²) in [4.78, 5) is 4.27. The molecular formula is C12H20N2O. The topological polar surface area (TPSA) is 34.1 Å². The average molecular weight is 208 g/mol. The zero-order valence-corrected chi connectivity index (χ0v) is 9.79. The largest absolute Gasteiger partial charge is 0.497 e. The SMILES string of the molecule is CCCC(CC)Nc1cc(OC)ccn1. The molecule has 0 saturated carbocycles. The second-order valence-corrected chi connectivity index (χ2v) is 3.62. The Hall–Kier alpha value is -1.25. The Kier molecular flexibility index (Phi) is 4.95. The molecule has 1 unspecified atom stereocenters. The number of pyridine rings is 1. The van der Waals surface area contributed by atoms with Crippen molar-refractivity contribution >= 4 is 5.82 Å². The number of hydrogen-bond acceptors (Lipinski definition) is 3. The fourth-order valence-corrected chi connectivity index (χ4v) is 1.55. The van der Waals surface area contributed by atoms with Crippen molar-refractivity contribution in [1.82, 2.24) is 4.98 Å². The van der Waals surface area contributed by atoms with E-state index in [0.717, 1.165) is 18.0 Å². The summed E-state index contributed by atoms with van der Waals surface area (Å²) in [5, 5.41) is 3.41. The Bertz CT molecular complexity index is 289.